The highest BCUT2D eigenvalue weighted by molar-refractivity contribution is 6.64. The van der Waals surface area contributed by atoms with Crippen molar-refractivity contribution in [3.8, 4) is 0 Å². The van der Waals surface area contributed by atoms with Crippen LogP contribution in [0.15, 0.2) is 58.9 Å². The molecule has 6 rings (SSSR count). The smallest absolute Gasteiger partial charge is 0.227 e. The van der Waals surface area contributed by atoms with Gasteiger partial charge in [-0.05, 0) is 113 Å². The lowest BCUT2D eigenvalue weighted by molar-refractivity contribution is -0.121. The van der Waals surface area contributed by atoms with Gasteiger partial charge < -0.3 is 21.7 Å². The Bertz CT molecular complexity index is 1640. The summed E-state index contributed by atoms with van der Waals surface area (Å²) in [6.45, 7) is 3.71. The molecule has 0 unspecified atom stereocenters. The van der Waals surface area contributed by atoms with Crippen LogP contribution >= 0.6 is 34.8 Å². The molecular weight excluding hydrogens is 707 g/mol. The van der Waals surface area contributed by atoms with Gasteiger partial charge in [0.15, 0.2) is 11.6 Å². The number of rotatable bonds is 7. The van der Waals surface area contributed by atoms with Crippen molar-refractivity contribution in [2.45, 2.75) is 117 Å². The summed E-state index contributed by atoms with van der Waals surface area (Å²) in [5.74, 6) is 0.797. The molecule has 1 amide bonds. The Morgan fingerprint density at radius 1 is 0.647 bits per heavy atom. The van der Waals surface area contributed by atoms with Gasteiger partial charge in [0.2, 0.25) is 11.1 Å². The number of hydrogen-bond acceptors (Lipinski definition) is 7. The van der Waals surface area contributed by atoms with Gasteiger partial charge in [-0.2, -0.15) is 0 Å². The van der Waals surface area contributed by atoms with E-state index in [2.05, 4.69) is 16.0 Å². The summed E-state index contributed by atoms with van der Waals surface area (Å²) in [6, 6.07) is 10.8. The van der Waals surface area contributed by atoms with E-state index in [1.165, 1.54) is 25.7 Å². The zero-order valence-electron chi connectivity index (χ0n) is 29.8. The van der Waals surface area contributed by atoms with Crippen LogP contribution in [0.5, 0.6) is 0 Å². The minimum atomic E-state index is -0.130. The molecule has 8 nitrogen and oxygen atoms in total. The average molecular weight is 758 g/mol. The molecule has 11 heteroatoms. The molecule has 4 aliphatic rings. The monoisotopic (exact) mass is 756 g/mol. The predicted octanol–water partition coefficient (Wildman–Crippen LogP) is 11.0. The summed E-state index contributed by atoms with van der Waals surface area (Å²) in [5, 5.41) is 10.5. The average Bonchev–Trinajstić information content (AvgIpc) is 3.12. The standard InChI is InChI=1S/C20H25ClN2O2.C13H15ClN2O.C7H11ClO/c1-13-17(8-5-9-19(13)24)23-18-11-10-15(12-16(18)21)22-20(25)14-6-3-2-4-7-14;1-8-11(3-2-4-13(8)17)16-12-6-5-9(15)7-10(12)14;8-7(9)6-4-2-1-3-5-6/h10-12,14,23H,2-9H2,1H3,(H,22,25);5-7,16H,2-4,15H2,1H3;6H,1-5H2. The molecule has 4 aliphatic carbocycles. The van der Waals surface area contributed by atoms with Gasteiger partial charge in [0.25, 0.3) is 0 Å². The highest BCUT2D eigenvalue weighted by Crippen LogP contribution is 2.32. The largest absolute Gasteiger partial charge is 0.399 e. The van der Waals surface area contributed by atoms with Gasteiger partial charge in [0.1, 0.15) is 0 Å². The molecule has 2 aromatic carbocycles. The number of anilines is 4. The van der Waals surface area contributed by atoms with E-state index in [1.807, 2.05) is 32.0 Å². The van der Waals surface area contributed by atoms with Crippen molar-refractivity contribution in [2.24, 2.45) is 11.8 Å². The van der Waals surface area contributed by atoms with Crippen LogP contribution in [0.1, 0.15) is 117 Å². The molecule has 51 heavy (non-hydrogen) atoms. The van der Waals surface area contributed by atoms with Crippen molar-refractivity contribution >= 4 is 80.3 Å². The van der Waals surface area contributed by atoms with Crippen LogP contribution in [-0.4, -0.2) is 22.7 Å². The van der Waals surface area contributed by atoms with Crippen LogP contribution in [0.25, 0.3) is 0 Å². The fraction of sp³-hybridized carbons (Fsp3) is 0.500. The van der Waals surface area contributed by atoms with Crippen molar-refractivity contribution in [2.75, 3.05) is 21.7 Å². The second-order valence-corrected chi connectivity index (χ2v) is 15.1. The number of carbonyl (C=O) groups is 4. The molecular formula is C40H51Cl3N4O4. The maximum Gasteiger partial charge on any atom is 0.227 e. The van der Waals surface area contributed by atoms with Crippen molar-refractivity contribution in [1.29, 1.82) is 0 Å². The Labute approximate surface area is 317 Å². The molecule has 0 spiro atoms. The van der Waals surface area contributed by atoms with Gasteiger partial charge in [-0.3, -0.25) is 19.2 Å². The number of halogens is 3. The minimum absolute atomic E-state index is 0.0907. The highest BCUT2D eigenvalue weighted by atomic mass is 35.5. The van der Waals surface area contributed by atoms with Crippen molar-refractivity contribution < 1.29 is 19.2 Å². The third kappa shape index (κ3) is 12.4. The number of nitrogens with one attached hydrogen (secondary N) is 3. The lowest BCUT2D eigenvalue weighted by Crippen LogP contribution is -2.24. The van der Waals surface area contributed by atoms with Gasteiger partial charge in [-0.15, -0.1) is 0 Å². The second kappa shape index (κ2) is 20.1. The topological polar surface area (TPSA) is 130 Å². The van der Waals surface area contributed by atoms with E-state index in [1.54, 1.807) is 18.2 Å². The third-order valence-electron chi connectivity index (χ3n) is 10.1. The first-order valence-electron chi connectivity index (χ1n) is 18.3. The van der Waals surface area contributed by atoms with Gasteiger partial charge in [-0.1, -0.05) is 61.7 Å². The van der Waals surface area contributed by atoms with Crippen LogP contribution in [-0.2, 0) is 19.2 Å². The Morgan fingerprint density at radius 3 is 1.57 bits per heavy atom. The third-order valence-corrected chi connectivity index (χ3v) is 11.0. The van der Waals surface area contributed by atoms with Crippen LogP contribution in [0.2, 0.25) is 10.0 Å². The summed E-state index contributed by atoms with van der Waals surface area (Å²) in [6.07, 6.45) is 15.9. The van der Waals surface area contributed by atoms with Crippen LogP contribution in [0.3, 0.4) is 0 Å². The Kier molecular flexibility index (Phi) is 15.9. The van der Waals surface area contributed by atoms with E-state index in [-0.39, 0.29) is 34.6 Å². The number of nitrogen functional groups attached to an aromatic ring is 1. The highest BCUT2D eigenvalue weighted by Gasteiger charge is 2.22. The number of benzene rings is 2. The molecule has 0 heterocycles. The molecule has 0 aromatic heterocycles. The summed E-state index contributed by atoms with van der Waals surface area (Å²) >= 11 is 17.8. The molecule has 276 valence electrons. The SMILES string of the molecule is CC1=C(Nc2ccc(N)cc2Cl)CCCC1=O.CC1=C(Nc2ccc(NC(=O)C3CCCCC3)cc2Cl)CCCC1=O.O=C(Cl)C1CCCCC1. The van der Waals surface area contributed by atoms with Crippen LogP contribution in [0.4, 0.5) is 22.7 Å². The van der Waals surface area contributed by atoms with Crippen molar-refractivity contribution in [1.82, 2.24) is 0 Å². The number of hydrogen-bond donors (Lipinski definition) is 4. The van der Waals surface area contributed by atoms with Crippen LogP contribution in [0, 0.1) is 11.8 Å². The number of Topliss-reactive ketones (excluding diaryl/α,β-unsaturated/α-hetero) is 2. The summed E-state index contributed by atoms with van der Waals surface area (Å²) in [7, 11) is 0. The maximum absolute atomic E-state index is 12.3. The van der Waals surface area contributed by atoms with E-state index >= 15 is 0 Å². The molecule has 2 fully saturated rings. The zero-order chi connectivity index (χ0) is 36.9. The summed E-state index contributed by atoms with van der Waals surface area (Å²) in [5.41, 5.74) is 12.0. The molecule has 0 atom stereocenters. The fourth-order valence-corrected chi connectivity index (χ4v) is 7.52. The van der Waals surface area contributed by atoms with Crippen LogP contribution < -0.4 is 21.7 Å². The molecule has 2 aromatic rings. The quantitative estimate of drug-likeness (QED) is 0.163. The second-order valence-electron chi connectivity index (χ2n) is 13.9. The molecule has 0 aliphatic heterocycles. The van der Waals surface area contributed by atoms with Crippen molar-refractivity contribution in [3.05, 3.63) is 69.0 Å². The first kappa shape index (κ1) is 40.4. The number of allylic oxidation sites excluding steroid dienone is 4. The summed E-state index contributed by atoms with van der Waals surface area (Å²) < 4.78 is 0. The van der Waals surface area contributed by atoms with E-state index in [0.717, 1.165) is 104 Å². The lowest BCUT2D eigenvalue weighted by Gasteiger charge is -2.21. The summed E-state index contributed by atoms with van der Waals surface area (Å²) in [4.78, 5) is 46.3. The lowest BCUT2D eigenvalue weighted by atomic mass is 9.88. The van der Waals surface area contributed by atoms with Crippen molar-refractivity contribution in [3.63, 3.8) is 0 Å². The van der Waals surface area contributed by atoms with Gasteiger partial charge in [0, 0.05) is 58.6 Å². The van der Waals surface area contributed by atoms with E-state index in [4.69, 9.17) is 40.5 Å². The maximum atomic E-state index is 12.3. The molecule has 2 saturated carbocycles. The Balaban J connectivity index is 0.000000192. The van der Waals surface area contributed by atoms with Gasteiger partial charge in [-0.25, -0.2) is 0 Å². The Morgan fingerprint density at radius 2 is 1.12 bits per heavy atom. The van der Waals surface area contributed by atoms with E-state index < -0.39 is 0 Å². The van der Waals surface area contributed by atoms with Gasteiger partial charge >= 0.3 is 0 Å². The van der Waals surface area contributed by atoms with E-state index in [9.17, 15) is 19.2 Å². The fourth-order valence-electron chi connectivity index (χ4n) is 6.84. The normalized spacial score (nSPS) is 18.6. The predicted molar refractivity (Wildman–Crippen MR) is 210 cm³/mol. The molecule has 0 bridgehead atoms. The Hall–Kier alpha value is -3.33. The van der Waals surface area contributed by atoms with Gasteiger partial charge in [0.05, 0.1) is 21.4 Å². The first-order chi connectivity index (χ1) is 24.4. The zero-order valence-corrected chi connectivity index (χ0v) is 32.0. The number of ketones is 2. The number of amides is 1. The first-order valence-corrected chi connectivity index (χ1v) is 19.4. The molecule has 0 saturated heterocycles. The number of carbonyl (C=O) groups excluding carboxylic acids is 4. The molecule has 5 N–H and O–H groups in total. The number of nitrogens with two attached hydrogens (primary N) is 1. The molecule has 0 radical (unpaired) electrons. The van der Waals surface area contributed by atoms with E-state index in [0.29, 0.717) is 28.6 Å². The minimum Gasteiger partial charge on any atom is -0.399 e.